The summed E-state index contributed by atoms with van der Waals surface area (Å²) in [4.78, 5) is 3.06. The first-order chi connectivity index (χ1) is 9.09. The Balaban J connectivity index is 2.05. The van der Waals surface area contributed by atoms with Crippen molar-refractivity contribution in [1.29, 1.82) is 0 Å². The second kappa shape index (κ2) is 7.18. The van der Waals surface area contributed by atoms with Gasteiger partial charge in [-0.05, 0) is 0 Å². The molecule has 3 heteroatoms. The average molecular weight is 484 g/mol. The fraction of sp³-hybridized carbons (Fsp3) is 0.250. The van der Waals surface area contributed by atoms with Crippen molar-refractivity contribution in [2.75, 3.05) is 0 Å². The molecule has 0 bridgehead atoms. The molecule has 0 N–H and O–H groups in total. The van der Waals surface area contributed by atoms with E-state index in [1.54, 1.807) is 0 Å². The fourth-order valence-corrected chi connectivity index (χ4v) is 25.5. The van der Waals surface area contributed by atoms with Crippen LogP contribution in [0.3, 0.4) is 0 Å². The van der Waals surface area contributed by atoms with Gasteiger partial charge in [0.05, 0.1) is 0 Å². The van der Waals surface area contributed by atoms with Crippen LogP contribution in [-0.4, -0.2) is 21.2 Å². The third kappa shape index (κ3) is 4.02. The van der Waals surface area contributed by atoms with Gasteiger partial charge in [0.1, 0.15) is 0 Å². The predicted molar refractivity (Wildman–Crippen MR) is 92.1 cm³/mol. The summed E-state index contributed by atoms with van der Waals surface area (Å²) in [5.41, 5.74) is 5.75. The molecule has 0 heterocycles. The Hall–Kier alpha value is 0.0621. The van der Waals surface area contributed by atoms with Gasteiger partial charge < -0.3 is 0 Å². The number of hydrogen-bond acceptors (Lipinski definition) is 2. The Labute approximate surface area is 133 Å². The zero-order valence-corrected chi connectivity index (χ0v) is 19.1. The molecule has 0 atom stereocenters. The fourth-order valence-electron chi connectivity index (χ4n) is 2.20. The first kappa shape index (κ1) is 15.5. The van der Waals surface area contributed by atoms with Gasteiger partial charge in [-0.2, -0.15) is 0 Å². The van der Waals surface area contributed by atoms with E-state index in [0.717, 1.165) is 0 Å². The molecule has 0 radical (unpaired) electrons. The Kier molecular flexibility index (Phi) is 5.84. The van der Waals surface area contributed by atoms with E-state index >= 15 is 0 Å². The number of hydrogen-bond donors (Lipinski definition) is 0. The van der Waals surface area contributed by atoms with Gasteiger partial charge in [0.2, 0.25) is 0 Å². The maximum absolute atomic E-state index is 2.23. The molecule has 2 aromatic rings. The van der Waals surface area contributed by atoms with Crippen LogP contribution in [0.15, 0.2) is 46.2 Å². The summed E-state index contributed by atoms with van der Waals surface area (Å²) >= 11 is -1.02. The van der Waals surface area contributed by atoms with Crippen molar-refractivity contribution in [3.8, 4) is 0 Å². The maximum atomic E-state index is 2.23. The molecule has 0 fully saturated rings. The van der Waals surface area contributed by atoms with Crippen molar-refractivity contribution in [2.24, 2.45) is 0 Å². The zero-order chi connectivity index (χ0) is 13.8. The van der Waals surface area contributed by atoms with Crippen molar-refractivity contribution < 1.29 is 0 Å². The van der Waals surface area contributed by atoms with E-state index in [9.17, 15) is 0 Å². The quantitative estimate of drug-likeness (QED) is 0.573. The summed E-state index contributed by atoms with van der Waals surface area (Å²) in [5.74, 6) is 0. The molecule has 2 aromatic carbocycles. The van der Waals surface area contributed by atoms with Crippen molar-refractivity contribution in [1.82, 2.24) is 0 Å². The van der Waals surface area contributed by atoms with Crippen LogP contribution in [0.1, 0.15) is 22.3 Å². The molecule has 100 valence electrons. The third-order valence-electron chi connectivity index (χ3n) is 3.22. The molecule has 0 amide bonds. The minimum atomic E-state index is -1.02. The molecule has 0 saturated heterocycles. The van der Waals surface area contributed by atoms with Crippen LogP contribution in [0.4, 0.5) is 0 Å². The summed E-state index contributed by atoms with van der Waals surface area (Å²) in [6, 6.07) is 13.2. The van der Waals surface area contributed by atoms with Gasteiger partial charge in [-0.3, -0.25) is 0 Å². The standard InChI is InChI=1S/2C8H10S.Pb.2H/c2*1-6-4-3-5-7(2)8(6)9;;;/h2*3-5,9H,1-2H3;;;/q;;+2;;/p-2. The molecular weight excluding hydrogens is 464 g/mol. The minimum absolute atomic E-state index is 1.02. The summed E-state index contributed by atoms with van der Waals surface area (Å²) in [6.45, 7) is 8.92. The summed E-state index contributed by atoms with van der Waals surface area (Å²) < 4.78 is 0. The normalized spacial score (nSPS) is 10.7. The number of benzene rings is 2. The molecule has 0 aromatic heterocycles. The Bertz CT molecular complexity index is 487. The molecule has 0 aliphatic rings. The summed E-state index contributed by atoms with van der Waals surface area (Å²) in [5, 5.41) is 0. The summed E-state index contributed by atoms with van der Waals surface area (Å²) in [6.07, 6.45) is 0. The van der Waals surface area contributed by atoms with Gasteiger partial charge in [-0.1, -0.05) is 0 Å². The van der Waals surface area contributed by atoms with E-state index in [1.165, 1.54) is 32.0 Å². The van der Waals surface area contributed by atoms with Crippen LogP contribution < -0.4 is 0 Å². The molecular formula is C16H20PbS2. The monoisotopic (exact) mass is 484 g/mol. The molecule has 0 aliphatic carbocycles. The van der Waals surface area contributed by atoms with E-state index in [4.69, 9.17) is 0 Å². The Morgan fingerprint density at radius 2 is 0.947 bits per heavy atom. The number of rotatable bonds is 4. The van der Waals surface area contributed by atoms with Crippen LogP contribution in [0.5, 0.6) is 0 Å². The Morgan fingerprint density at radius 1 is 0.632 bits per heavy atom. The molecule has 0 nitrogen and oxygen atoms in total. The molecule has 0 aliphatic heterocycles. The van der Waals surface area contributed by atoms with Gasteiger partial charge in [-0.25, -0.2) is 0 Å². The first-order valence-electron chi connectivity index (χ1n) is 6.47. The van der Waals surface area contributed by atoms with Gasteiger partial charge in [-0.15, -0.1) is 0 Å². The summed E-state index contributed by atoms with van der Waals surface area (Å²) in [7, 11) is 4.34. The van der Waals surface area contributed by atoms with Crippen LogP contribution in [-0.2, 0) is 0 Å². The molecule has 0 spiro atoms. The van der Waals surface area contributed by atoms with E-state index in [-0.39, 0.29) is 0 Å². The van der Waals surface area contributed by atoms with Gasteiger partial charge >= 0.3 is 134 Å². The van der Waals surface area contributed by atoms with Crippen molar-refractivity contribution >= 4 is 37.9 Å². The molecule has 0 unspecified atom stereocenters. The van der Waals surface area contributed by atoms with Crippen LogP contribution in [0.25, 0.3) is 0 Å². The molecule has 0 saturated carbocycles. The van der Waals surface area contributed by atoms with Crippen molar-refractivity contribution in [3.05, 3.63) is 58.7 Å². The first-order valence-corrected chi connectivity index (χ1v) is 21.9. The topological polar surface area (TPSA) is 0 Å². The molecule has 2 rings (SSSR count). The van der Waals surface area contributed by atoms with Gasteiger partial charge in [0.25, 0.3) is 0 Å². The molecule has 19 heavy (non-hydrogen) atoms. The second-order valence-electron chi connectivity index (χ2n) is 4.85. The van der Waals surface area contributed by atoms with E-state index in [0.29, 0.717) is 0 Å². The SMILES string of the molecule is Cc1cccc(C)c1[S][PbH2][S]c1c(C)cccc1C. The van der Waals surface area contributed by atoms with Crippen LogP contribution in [0, 0.1) is 27.7 Å². The Morgan fingerprint density at radius 3 is 1.26 bits per heavy atom. The van der Waals surface area contributed by atoms with E-state index < -0.39 is 21.2 Å². The second-order valence-corrected chi connectivity index (χ2v) is 22.2. The van der Waals surface area contributed by atoms with Crippen LogP contribution >= 0.6 is 16.6 Å². The predicted octanol–water partition coefficient (Wildman–Crippen LogP) is 4.80. The van der Waals surface area contributed by atoms with E-state index in [1.807, 2.05) is 0 Å². The zero-order valence-electron chi connectivity index (χ0n) is 12.0. The van der Waals surface area contributed by atoms with Crippen molar-refractivity contribution in [3.63, 3.8) is 0 Å². The van der Waals surface area contributed by atoms with Gasteiger partial charge in [0, 0.05) is 0 Å². The van der Waals surface area contributed by atoms with Crippen LogP contribution in [0.2, 0.25) is 0 Å². The third-order valence-corrected chi connectivity index (χ3v) is 21.0. The van der Waals surface area contributed by atoms with E-state index in [2.05, 4.69) is 80.7 Å². The average Bonchev–Trinajstić information content (AvgIpc) is 2.36. The van der Waals surface area contributed by atoms with Crippen molar-refractivity contribution in [2.45, 2.75) is 37.5 Å². The number of aryl methyl sites for hydroxylation is 4. The van der Waals surface area contributed by atoms with Gasteiger partial charge in [0.15, 0.2) is 0 Å².